The van der Waals surface area contributed by atoms with E-state index in [2.05, 4.69) is 21.0 Å². The minimum atomic E-state index is -1.25. The molecule has 1 N–H and O–H groups in total. The first-order valence-corrected chi connectivity index (χ1v) is 7.05. The molecule has 2 rings (SSSR count). The molecule has 110 valence electrons. The van der Waals surface area contributed by atoms with Gasteiger partial charge in [0.05, 0.1) is 6.21 Å². The van der Waals surface area contributed by atoms with E-state index in [-0.39, 0.29) is 5.76 Å². The minimum absolute atomic E-state index is 0.102. The number of carbonyl (C=O) groups excluding carboxylic acids is 1. The standard InChI is InChI=1S/C15H15BrN2O3/c1-18(2)17-9-12-7-8-13(21-12)15(20)14(19)10-3-5-11(16)6-4-10/h3-9,14,19H,1-2H3/b17-9+. The second-order valence-corrected chi connectivity index (χ2v) is 5.53. The van der Waals surface area contributed by atoms with Gasteiger partial charge in [0, 0.05) is 18.6 Å². The van der Waals surface area contributed by atoms with Gasteiger partial charge in [-0.15, -0.1) is 0 Å². The van der Waals surface area contributed by atoms with Crippen molar-refractivity contribution in [1.29, 1.82) is 0 Å². The number of ketones is 1. The molecule has 0 spiro atoms. The molecule has 1 unspecified atom stereocenters. The van der Waals surface area contributed by atoms with Gasteiger partial charge in [-0.05, 0) is 29.8 Å². The molecule has 0 aliphatic rings. The van der Waals surface area contributed by atoms with Gasteiger partial charge < -0.3 is 14.5 Å². The summed E-state index contributed by atoms with van der Waals surface area (Å²) < 4.78 is 6.25. The largest absolute Gasteiger partial charge is 0.452 e. The van der Waals surface area contributed by atoms with Crippen LogP contribution in [0.4, 0.5) is 0 Å². The van der Waals surface area contributed by atoms with Crippen LogP contribution in [0.3, 0.4) is 0 Å². The zero-order valence-electron chi connectivity index (χ0n) is 11.7. The van der Waals surface area contributed by atoms with Crippen molar-refractivity contribution in [2.45, 2.75) is 6.10 Å². The van der Waals surface area contributed by atoms with E-state index >= 15 is 0 Å². The Labute approximate surface area is 131 Å². The number of aliphatic hydroxyl groups is 1. The van der Waals surface area contributed by atoms with Crippen molar-refractivity contribution in [3.63, 3.8) is 0 Å². The van der Waals surface area contributed by atoms with Crippen molar-refractivity contribution in [3.05, 3.63) is 58.0 Å². The number of hydrazone groups is 1. The third kappa shape index (κ3) is 4.03. The number of nitrogens with zero attached hydrogens (tertiary/aromatic N) is 2. The Bertz CT molecular complexity index is 647. The Morgan fingerprint density at radius 1 is 1.29 bits per heavy atom. The molecule has 1 heterocycles. The molecule has 0 saturated carbocycles. The normalized spacial score (nSPS) is 12.6. The SMILES string of the molecule is CN(C)/N=C/c1ccc(C(=O)C(O)c2ccc(Br)cc2)o1. The van der Waals surface area contributed by atoms with Crippen molar-refractivity contribution < 1.29 is 14.3 Å². The highest BCUT2D eigenvalue weighted by atomic mass is 79.9. The van der Waals surface area contributed by atoms with Gasteiger partial charge in [0.25, 0.3) is 0 Å². The van der Waals surface area contributed by atoms with Crippen LogP contribution in [0.2, 0.25) is 0 Å². The highest BCUT2D eigenvalue weighted by Gasteiger charge is 2.22. The lowest BCUT2D eigenvalue weighted by atomic mass is 10.0. The van der Waals surface area contributed by atoms with E-state index in [1.165, 1.54) is 12.3 Å². The zero-order valence-corrected chi connectivity index (χ0v) is 13.2. The Balaban J connectivity index is 2.14. The Morgan fingerprint density at radius 2 is 1.95 bits per heavy atom. The second kappa shape index (κ2) is 6.69. The molecular weight excluding hydrogens is 336 g/mol. The lowest BCUT2D eigenvalue weighted by Crippen LogP contribution is -2.11. The maximum Gasteiger partial charge on any atom is 0.230 e. The predicted octanol–water partition coefficient (Wildman–Crippen LogP) is 2.85. The number of halogens is 1. The summed E-state index contributed by atoms with van der Waals surface area (Å²) in [5.74, 6) is 0.0718. The fourth-order valence-electron chi connectivity index (χ4n) is 1.66. The highest BCUT2D eigenvalue weighted by molar-refractivity contribution is 9.10. The summed E-state index contributed by atoms with van der Waals surface area (Å²) in [4.78, 5) is 12.2. The third-order valence-corrected chi connectivity index (χ3v) is 3.25. The van der Waals surface area contributed by atoms with E-state index in [0.29, 0.717) is 11.3 Å². The van der Waals surface area contributed by atoms with Gasteiger partial charge >= 0.3 is 0 Å². The van der Waals surface area contributed by atoms with Crippen molar-refractivity contribution >= 4 is 27.9 Å². The summed E-state index contributed by atoms with van der Waals surface area (Å²) >= 11 is 3.31. The fraction of sp³-hybridized carbons (Fsp3) is 0.200. The predicted molar refractivity (Wildman–Crippen MR) is 83.4 cm³/mol. The van der Waals surface area contributed by atoms with Gasteiger partial charge in [0.2, 0.25) is 5.78 Å². The molecule has 0 fully saturated rings. The summed E-state index contributed by atoms with van der Waals surface area (Å²) in [5, 5.41) is 15.7. The molecule has 5 nitrogen and oxygen atoms in total. The molecule has 0 aliphatic carbocycles. The average molecular weight is 351 g/mol. The van der Waals surface area contributed by atoms with Crippen LogP contribution < -0.4 is 0 Å². The van der Waals surface area contributed by atoms with Crippen LogP contribution in [-0.4, -0.2) is 36.2 Å². The molecule has 0 amide bonds. The van der Waals surface area contributed by atoms with Gasteiger partial charge in [0.15, 0.2) is 5.76 Å². The zero-order chi connectivity index (χ0) is 15.4. The Kier molecular flexibility index (Phi) is 4.93. The number of Topliss-reactive ketones (excluding diaryl/α,β-unsaturated/α-hetero) is 1. The van der Waals surface area contributed by atoms with E-state index in [0.717, 1.165) is 4.47 Å². The molecule has 6 heteroatoms. The summed E-state index contributed by atoms with van der Waals surface area (Å²) in [6, 6.07) is 10.1. The number of aliphatic hydroxyl groups excluding tert-OH is 1. The van der Waals surface area contributed by atoms with Gasteiger partial charge in [-0.1, -0.05) is 28.1 Å². The molecular formula is C15H15BrN2O3. The van der Waals surface area contributed by atoms with E-state index in [9.17, 15) is 9.90 Å². The summed E-state index contributed by atoms with van der Waals surface area (Å²) in [6.45, 7) is 0. The van der Waals surface area contributed by atoms with Gasteiger partial charge in [0.1, 0.15) is 11.9 Å². The summed E-state index contributed by atoms with van der Waals surface area (Å²) in [5.41, 5.74) is 0.517. The maximum absolute atomic E-state index is 12.2. The highest BCUT2D eigenvalue weighted by Crippen LogP contribution is 2.21. The number of hydrogen-bond donors (Lipinski definition) is 1. The molecule has 1 atom stereocenters. The first-order valence-electron chi connectivity index (χ1n) is 6.26. The Hall–Kier alpha value is -1.92. The Morgan fingerprint density at radius 3 is 2.57 bits per heavy atom. The molecule has 2 aromatic rings. The molecule has 0 bridgehead atoms. The summed E-state index contributed by atoms with van der Waals surface area (Å²) in [6.07, 6.45) is 0.255. The van der Waals surface area contributed by atoms with Crippen molar-refractivity contribution in [3.8, 4) is 0 Å². The number of rotatable bonds is 5. The maximum atomic E-state index is 12.2. The van der Waals surface area contributed by atoms with Crippen LogP contribution in [0.25, 0.3) is 0 Å². The monoisotopic (exact) mass is 350 g/mol. The molecule has 0 aliphatic heterocycles. The van der Waals surface area contributed by atoms with Crippen LogP contribution in [0.1, 0.15) is 28.0 Å². The lowest BCUT2D eigenvalue weighted by molar-refractivity contribution is 0.0717. The van der Waals surface area contributed by atoms with Gasteiger partial charge in [-0.25, -0.2) is 0 Å². The van der Waals surface area contributed by atoms with Crippen LogP contribution in [0, 0.1) is 0 Å². The van der Waals surface area contributed by atoms with Crippen LogP contribution in [-0.2, 0) is 0 Å². The smallest absolute Gasteiger partial charge is 0.230 e. The topological polar surface area (TPSA) is 66.0 Å². The molecule has 21 heavy (non-hydrogen) atoms. The quantitative estimate of drug-likeness (QED) is 0.511. The summed E-state index contributed by atoms with van der Waals surface area (Å²) in [7, 11) is 3.56. The first kappa shape index (κ1) is 15.5. The lowest BCUT2D eigenvalue weighted by Gasteiger charge is -2.08. The van der Waals surface area contributed by atoms with E-state index < -0.39 is 11.9 Å². The van der Waals surface area contributed by atoms with Crippen molar-refractivity contribution in [1.82, 2.24) is 5.01 Å². The number of benzene rings is 1. The van der Waals surface area contributed by atoms with E-state index in [1.807, 2.05) is 0 Å². The average Bonchev–Trinajstić information content (AvgIpc) is 2.93. The fourth-order valence-corrected chi connectivity index (χ4v) is 1.92. The van der Waals surface area contributed by atoms with Crippen molar-refractivity contribution in [2.24, 2.45) is 5.10 Å². The van der Waals surface area contributed by atoms with E-state index in [4.69, 9.17) is 4.42 Å². The molecule has 0 saturated heterocycles. The molecule has 0 radical (unpaired) electrons. The first-order chi connectivity index (χ1) is 9.97. The van der Waals surface area contributed by atoms with Crippen LogP contribution in [0.5, 0.6) is 0 Å². The van der Waals surface area contributed by atoms with Crippen molar-refractivity contribution in [2.75, 3.05) is 14.1 Å². The van der Waals surface area contributed by atoms with Gasteiger partial charge in [-0.3, -0.25) is 4.79 Å². The van der Waals surface area contributed by atoms with Crippen LogP contribution in [0.15, 0.2) is 50.4 Å². The van der Waals surface area contributed by atoms with Crippen LogP contribution >= 0.6 is 15.9 Å². The van der Waals surface area contributed by atoms with E-state index in [1.54, 1.807) is 49.4 Å². The number of carbonyl (C=O) groups is 1. The number of hydrogen-bond acceptors (Lipinski definition) is 5. The molecule has 1 aromatic carbocycles. The third-order valence-electron chi connectivity index (χ3n) is 2.72. The second-order valence-electron chi connectivity index (χ2n) is 4.61. The minimum Gasteiger partial charge on any atom is -0.452 e. The van der Waals surface area contributed by atoms with Gasteiger partial charge in [-0.2, -0.15) is 5.10 Å². The molecule has 1 aromatic heterocycles. The number of furan rings is 1.